The standard InChI is InChI=1S/C10H12N4O2S/c1-7(15)13-8-2-3-17-9(8)4-11-5-10-12-6-16-14-10/h2-3,6,11H,4-5H2,1H3,(H,13,15). The molecule has 6 nitrogen and oxygen atoms in total. The molecular formula is C10H12N4O2S. The number of aromatic nitrogens is 2. The van der Waals surface area contributed by atoms with Gasteiger partial charge in [-0.2, -0.15) is 4.98 Å². The minimum Gasteiger partial charge on any atom is -0.343 e. The molecular weight excluding hydrogens is 240 g/mol. The fourth-order valence-corrected chi connectivity index (χ4v) is 2.14. The van der Waals surface area contributed by atoms with Gasteiger partial charge in [0.25, 0.3) is 0 Å². The minimum atomic E-state index is -0.0668. The molecule has 1 amide bonds. The molecule has 0 bridgehead atoms. The summed E-state index contributed by atoms with van der Waals surface area (Å²) in [4.78, 5) is 15.9. The Bertz CT molecular complexity index is 480. The van der Waals surface area contributed by atoms with Crippen LogP contribution in [-0.2, 0) is 17.9 Å². The third kappa shape index (κ3) is 3.36. The molecule has 0 saturated carbocycles. The molecule has 2 aromatic heterocycles. The van der Waals surface area contributed by atoms with Crippen LogP contribution < -0.4 is 10.6 Å². The van der Waals surface area contributed by atoms with Crippen molar-refractivity contribution in [2.75, 3.05) is 5.32 Å². The molecule has 2 aromatic rings. The van der Waals surface area contributed by atoms with E-state index in [4.69, 9.17) is 0 Å². The van der Waals surface area contributed by atoms with Crippen molar-refractivity contribution in [1.82, 2.24) is 15.5 Å². The van der Waals surface area contributed by atoms with E-state index in [9.17, 15) is 4.79 Å². The van der Waals surface area contributed by atoms with Gasteiger partial charge in [-0.25, -0.2) is 0 Å². The van der Waals surface area contributed by atoms with Gasteiger partial charge in [0.2, 0.25) is 12.3 Å². The summed E-state index contributed by atoms with van der Waals surface area (Å²) in [5.74, 6) is 0.547. The average Bonchev–Trinajstić information content (AvgIpc) is 2.90. The Morgan fingerprint density at radius 2 is 2.41 bits per heavy atom. The van der Waals surface area contributed by atoms with Crippen LogP contribution >= 0.6 is 11.3 Å². The fourth-order valence-electron chi connectivity index (χ4n) is 1.34. The molecule has 0 aliphatic carbocycles. The summed E-state index contributed by atoms with van der Waals surface area (Å²) in [5, 5.41) is 11.6. The van der Waals surface area contributed by atoms with Crippen LogP contribution in [-0.4, -0.2) is 16.0 Å². The second kappa shape index (κ2) is 5.55. The van der Waals surface area contributed by atoms with E-state index in [1.807, 2.05) is 11.4 Å². The number of nitrogens with one attached hydrogen (secondary N) is 2. The van der Waals surface area contributed by atoms with Crippen molar-refractivity contribution in [2.45, 2.75) is 20.0 Å². The van der Waals surface area contributed by atoms with Crippen LogP contribution in [0.3, 0.4) is 0 Å². The molecule has 2 heterocycles. The Hall–Kier alpha value is -1.73. The molecule has 0 aromatic carbocycles. The Balaban J connectivity index is 1.86. The molecule has 0 atom stereocenters. The Labute approximate surface area is 102 Å². The maximum Gasteiger partial charge on any atom is 0.221 e. The largest absolute Gasteiger partial charge is 0.343 e. The maximum atomic E-state index is 11.0. The molecule has 90 valence electrons. The molecule has 2 rings (SSSR count). The van der Waals surface area contributed by atoms with Crippen molar-refractivity contribution >= 4 is 22.9 Å². The normalized spacial score (nSPS) is 10.4. The third-order valence-corrected chi connectivity index (χ3v) is 2.95. The smallest absolute Gasteiger partial charge is 0.221 e. The number of thiophene rings is 1. The van der Waals surface area contributed by atoms with Gasteiger partial charge in [-0.15, -0.1) is 11.3 Å². The number of nitrogens with zero attached hydrogens (tertiary/aromatic N) is 2. The first kappa shape index (κ1) is 11.7. The van der Waals surface area contributed by atoms with Gasteiger partial charge in [0.05, 0.1) is 12.2 Å². The lowest BCUT2D eigenvalue weighted by Gasteiger charge is -2.04. The Morgan fingerprint density at radius 1 is 1.53 bits per heavy atom. The number of hydrogen-bond acceptors (Lipinski definition) is 6. The summed E-state index contributed by atoms with van der Waals surface area (Å²) in [7, 11) is 0. The quantitative estimate of drug-likeness (QED) is 0.840. The van der Waals surface area contributed by atoms with Crippen LogP contribution in [0.25, 0.3) is 0 Å². The number of hydrogen-bond donors (Lipinski definition) is 2. The summed E-state index contributed by atoms with van der Waals surface area (Å²) in [5.41, 5.74) is 0.850. The SMILES string of the molecule is CC(=O)Nc1ccsc1CNCc1ncon1. The number of carbonyl (C=O) groups excluding carboxylic acids is 1. The van der Waals surface area contributed by atoms with Gasteiger partial charge in [-0.1, -0.05) is 5.16 Å². The van der Waals surface area contributed by atoms with Crippen molar-refractivity contribution < 1.29 is 9.32 Å². The number of amides is 1. The molecule has 0 radical (unpaired) electrons. The first-order valence-electron chi connectivity index (χ1n) is 5.05. The first-order chi connectivity index (χ1) is 8.25. The minimum absolute atomic E-state index is 0.0668. The molecule has 0 saturated heterocycles. The molecule has 2 N–H and O–H groups in total. The lowest BCUT2D eigenvalue weighted by molar-refractivity contribution is -0.114. The van der Waals surface area contributed by atoms with E-state index in [1.54, 1.807) is 11.3 Å². The van der Waals surface area contributed by atoms with Gasteiger partial charge < -0.3 is 15.2 Å². The monoisotopic (exact) mass is 252 g/mol. The van der Waals surface area contributed by atoms with Crippen molar-refractivity contribution in [2.24, 2.45) is 0 Å². The number of anilines is 1. The van der Waals surface area contributed by atoms with E-state index in [-0.39, 0.29) is 5.91 Å². The predicted octanol–water partition coefficient (Wildman–Crippen LogP) is 1.38. The topological polar surface area (TPSA) is 80.0 Å². The van der Waals surface area contributed by atoms with Crippen molar-refractivity contribution in [3.8, 4) is 0 Å². The number of carbonyl (C=O) groups is 1. The van der Waals surface area contributed by atoms with Crippen molar-refractivity contribution in [1.29, 1.82) is 0 Å². The Morgan fingerprint density at radius 3 is 3.12 bits per heavy atom. The van der Waals surface area contributed by atoms with E-state index in [0.717, 1.165) is 10.6 Å². The molecule has 0 aliphatic heterocycles. The van der Waals surface area contributed by atoms with E-state index >= 15 is 0 Å². The summed E-state index contributed by atoms with van der Waals surface area (Å²) < 4.78 is 4.62. The summed E-state index contributed by atoms with van der Waals surface area (Å²) in [6.07, 6.45) is 1.30. The fraction of sp³-hybridized carbons (Fsp3) is 0.300. The van der Waals surface area contributed by atoms with Crippen LogP contribution in [0.1, 0.15) is 17.6 Å². The van der Waals surface area contributed by atoms with E-state index in [1.165, 1.54) is 13.3 Å². The highest BCUT2D eigenvalue weighted by molar-refractivity contribution is 7.10. The molecule has 0 unspecified atom stereocenters. The highest BCUT2D eigenvalue weighted by Crippen LogP contribution is 2.21. The average molecular weight is 252 g/mol. The Kier molecular flexibility index (Phi) is 3.84. The molecule has 0 aliphatic rings. The van der Waals surface area contributed by atoms with Gasteiger partial charge in [0.1, 0.15) is 0 Å². The first-order valence-corrected chi connectivity index (χ1v) is 5.93. The molecule has 17 heavy (non-hydrogen) atoms. The van der Waals surface area contributed by atoms with Gasteiger partial charge in [0, 0.05) is 18.3 Å². The van der Waals surface area contributed by atoms with Gasteiger partial charge in [-0.3, -0.25) is 4.79 Å². The third-order valence-electron chi connectivity index (χ3n) is 2.03. The zero-order chi connectivity index (χ0) is 12.1. The van der Waals surface area contributed by atoms with Crippen molar-refractivity contribution in [3.05, 3.63) is 28.5 Å². The van der Waals surface area contributed by atoms with E-state index < -0.39 is 0 Å². The predicted molar refractivity (Wildman–Crippen MR) is 63.5 cm³/mol. The van der Waals surface area contributed by atoms with Gasteiger partial charge >= 0.3 is 0 Å². The van der Waals surface area contributed by atoms with Gasteiger partial charge in [0.15, 0.2) is 5.82 Å². The van der Waals surface area contributed by atoms with Crippen LogP contribution in [0.2, 0.25) is 0 Å². The van der Waals surface area contributed by atoms with Gasteiger partial charge in [-0.05, 0) is 11.4 Å². The van der Waals surface area contributed by atoms with Crippen LogP contribution in [0, 0.1) is 0 Å². The van der Waals surface area contributed by atoms with Crippen LogP contribution in [0.4, 0.5) is 5.69 Å². The molecule has 7 heteroatoms. The second-order valence-corrected chi connectivity index (χ2v) is 4.39. The lowest BCUT2D eigenvalue weighted by Crippen LogP contribution is -2.14. The van der Waals surface area contributed by atoms with Crippen LogP contribution in [0.15, 0.2) is 22.4 Å². The second-order valence-electron chi connectivity index (χ2n) is 3.39. The summed E-state index contributed by atoms with van der Waals surface area (Å²) in [6.45, 7) is 2.68. The van der Waals surface area contributed by atoms with E-state index in [0.29, 0.717) is 18.9 Å². The van der Waals surface area contributed by atoms with E-state index in [2.05, 4.69) is 25.3 Å². The van der Waals surface area contributed by atoms with Crippen LogP contribution in [0.5, 0.6) is 0 Å². The van der Waals surface area contributed by atoms with Crippen molar-refractivity contribution in [3.63, 3.8) is 0 Å². The zero-order valence-corrected chi connectivity index (χ0v) is 10.1. The molecule has 0 spiro atoms. The zero-order valence-electron chi connectivity index (χ0n) is 9.27. The summed E-state index contributed by atoms with van der Waals surface area (Å²) >= 11 is 1.59. The number of rotatable bonds is 5. The highest BCUT2D eigenvalue weighted by atomic mass is 32.1. The highest BCUT2D eigenvalue weighted by Gasteiger charge is 2.05. The lowest BCUT2D eigenvalue weighted by atomic mass is 10.3. The summed E-state index contributed by atoms with van der Waals surface area (Å²) in [6, 6.07) is 1.89. The maximum absolute atomic E-state index is 11.0. The molecule has 0 fully saturated rings.